The van der Waals surface area contributed by atoms with Gasteiger partial charge in [-0.25, -0.2) is 13.2 Å². The quantitative estimate of drug-likeness (QED) is 0.627. The number of rotatable bonds is 2. The smallest absolute Gasteiger partial charge is 0.324 e. The van der Waals surface area contributed by atoms with E-state index in [-0.39, 0.29) is 0 Å². The van der Waals surface area contributed by atoms with E-state index < -0.39 is 41.7 Å². The maximum atomic E-state index is 12.7. The van der Waals surface area contributed by atoms with Crippen LogP contribution in [0.2, 0.25) is 0 Å². The van der Waals surface area contributed by atoms with Crippen molar-refractivity contribution in [3.05, 3.63) is 35.1 Å². The van der Waals surface area contributed by atoms with Gasteiger partial charge in [-0.3, -0.25) is 0 Å². The largest absolute Gasteiger partial charge is 0.390 e. The molecule has 0 saturated carbocycles. The van der Waals surface area contributed by atoms with Crippen LogP contribution >= 0.6 is 0 Å². The second kappa shape index (κ2) is 4.32. The van der Waals surface area contributed by atoms with Crippen molar-refractivity contribution in [2.45, 2.75) is 18.6 Å². The Bertz CT molecular complexity index is 363. The van der Waals surface area contributed by atoms with Gasteiger partial charge in [0, 0.05) is 6.04 Å². The van der Waals surface area contributed by atoms with Crippen LogP contribution < -0.4 is 5.73 Å². The van der Waals surface area contributed by atoms with Crippen LogP contribution in [0.5, 0.6) is 0 Å². The maximum Gasteiger partial charge on any atom is 0.390 e. The molecule has 1 atom stereocenters. The first-order valence-electron chi connectivity index (χ1n) is 4.17. The van der Waals surface area contributed by atoms with Crippen LogP contribution in [-0.4, -0.2) is 6.18 Å². The summed E-state index contributed by atoms with van der Waals surface area (Å²) in [5.41, 5.74) is 4.66. The Labute approximate surface area is 86.9 Å². The van der Waals surface area contributed by atoms with Gasteiger partial charge in [0.2, 0.25) is 0 Å². The van der Waals surface area contributed by atoms with Crippen molar-refractivity contribution < 1.29 is 26.3 Å². The van der Waals surface area contributed by atoms with Gasteiger partial charge in [0.25, 0.3) is 0 Å². The van der Waals surface area contributed by atoms with Crippen LogP contribution in [0.15, 0.2) is 12.1 Å². The molecule has 1 nitrogen and oxygen atoms in total. The molecule has 0 aliphatic heterocycles. The molecular formula is C9H7F6N. The van der Waals surface area contributed by atoms with Gasteiger partial charge in [-0.1, -0.05) is 0 Å². The Morgan fingerprint density at radius 3 is 1.88 bits per heavy atom. The van der Waals surface area contributed by atoms with Crippen molar-refractivity contribution in [2.24, 2.45) is 5.73 Å². The number of nitrogens with two attached hydrogens (primary N) is 1. The molecule has 7 heteroatoms. The summed E-state index contributed by atoms with van der Waals surface area (Å²) in [5.74, 6) is -4.86. The summed E-state index contributed by atoms with van der Waals surface area (Å²) in [4.78, 5) is 0. The molecule has 0 heterocycles. The minimum atomic E-state index is -4.55. The Hall–Kier alpha value is -1.24. The predicted molar refractivity (Wildman–Crippen MR) is 43.9 cm³/mol. The molecule has 90 valence electrons. The topological polar surface area (TPSA) is 26.0 Å². The van der Waals surface area contributed by atoms with E-state index in [0.717, 1.165) is 0 Å². The van der Waals surface area contributed by atoms with Gasteiger partial charge in [-0.15, -0.1) is 0 Å². The molecule has 1 rings (SSSR count). The molecule has 1 aromatic carbocycles. The second-order valence-electron chi connectivity index (χ2n) is 3.22. The fraction of sp³-hybridized carbons (Fsp3) is 0.333. The van der Waals surface area contributed by atoms with Crippen LogP contribution in [-0.2, 0) is 0 Å². The number of benzene rings is 1. The van der Waals surface area contributed by atoms with Crippen molar-refractivity contribution in [2.75, 3.05) is 0 Å². The standard InChI is InChI=1S/C9H7F6N/c10-5-1-4(2-6(11)8(5)12)7(16)3-9(13,14)15/h1-2,7H,3,16H2. The minimum Gasteiger partial charge on any atom is -0.324 e. The van der Waals surface area contributed by atoms with Gasteiger partial charge in [0.1, 0.15) is 0 Å². The van der Waals surface area contributed by atoms with E-state index in [1.807, 2.05) is 0 Å². The second-order valence-corrected chi connectivity index (χ2v) is 3.22. The SMILES string of the molecule is NC(CC(F)(F)F)c1cc(F)c(F)c(F)c1. The molecule has 0 radical (unpaired) electrons. The fourth-order valence-electron chi connectivity index (χ4n) is 1.16. The van der Waals surface area contributed by atoms with E-state index in [1.165, 1.54) is 0 Å². The van der Waals surface area contributed by atoms with Crippen molar-refractivity contribution in [1.82, 2.24) is 0 Å². The van der Waals surface area contributed by atoms with Crippen LogP contribution in [0.25, 0.3) is 0 Å². The zero-order valence-electron chi connectivity index (χ0n) is 7.78. The van der Waals surface area contributed by atoms with Gasteiger partial charge in [0.05, 0.1) is 6.42 Å². The lowest BCUT2D eigenvalue weighted by Crippen LogP contribution is -2.20. The van der Waals surface area contributed by atoms with Crippen LogP contribution in [0.1, 0.15) is 18.0 Å². The molecule has 0 fully saturated rings. The Morgan fingerprint density at radius 2 is 1.50 bits per heavy atom. The molecule has 0 spiro atoms. The van der Waals surface area contributed by atoms with E-state index in [0.29, 0.717) is 12.1 Å². The summed E-state index contributed by atoms with van der Waals surface area (Å²) in [7, 11) is 0. The summed E-state index contributed by atoms with van der Waals surface area (Å²) < 4.78 is 73.7. The third-order valence-corrected chi connectivity index (χ3v) is 1.89. The van der Waals surface area contributed by atoms with E-state index >= 15 is 0 Å². The lowest BCUT2D eigenvalue weighted by atomic mass is 10.0. The normalized spacial score (nSPS) is 13.9. The molecule has 0 aliphatic rings. The third kappa shape index (κ3) is 3.13. The third-order valence-electron chi connectivity index (χ3n) is 1.89. The van der Waals surface area contributed by atoms with Gasteiger partial charge < -0.3 is 5.73 Å². The van der Waals surface area contributed by atoms with Crippen LogP contribution in [0.3, 0.4) is 0 Å². The highest BCUT2D eigenvalue weighted by atomic mass is 19.4. The van der Waals surface area contributed by atoms with Crippen molar-refractivity contribution in [3.63, 3.8) is 0 Å². The molecule has 1 unspecified atom stereocenters. The zero-order valence-corrected chi connectivity index (χ0v) is 7.78. The lowest BCUT2D eigenvalue weighted by Gasteiger charge is -2.14. The Balaban J connectivity index is 2.97. The number of hydrogen-bond donors (Lipinski definition) is 1. The highest BCUT2D eigenvalue weighted by Crippen LogP contribution is 2.29. The first-order chi connectivity index (χ1) is 7.20. The highest BCUT2D eigenvalue weighted by molar-refractivity contribution is 5.22. The average Bonchev–Trinajstić information content (AvgIpc) is 2.10. The Kier molecular flexibility index (Phi) is 3.47. The summed E-state index contributed by atoms with van der Waals surface area (Å²) in [6.45, 7) is 0. The lowest BCUT2D eigenvalue weighted by molar-refractivity contribution is -0.138. The monoisotopic (exact) mass is 243 g/mol. The van der Waals surface area contributed by atoms with Crippen molar-refractivity contribution >= 4 is 0 Å². The molecule has 2 N–H and O–H groups in total. The van der Waals surface area contributed by atoms with E-state index in [1.54, 1.807) is 0 Å². The Morgan fingerprint density at radius 1 is 1.06 bits per heavy atom. The summed E-state index contributed by atoms with van der Waals surface area (Å²) in [5, 5.41) is 0. The summed E-state index contributed by atoms with van der Waals surface area (Å²) >= 11 is 0. The first kappa shape index (κ1) is 12.8. The molecule has 16 heavy (non-hydrogen) atoms. The van der Waals surface area contributed by atoms with Gasteiger partial charge in [-0.2, -0.15) is 13.2 Å². The average molecular weight is 243 g/mol. The zero-order chi connectivity index (χ0) is 12.5. The van der Waals surface area contributed by atoms with Crippen LogP contribution in [0.4, 0.5) is 26.3 Å². The van der Waals surface area contributed by atoms with E-state index in [9.17, 15) is 26.3 Å². The fourth-order valence-corrected chi connectivity index (χ4v) is 1.16. The molecular weight excluding hydrogens is 236 g/mol. The van der Waals surface area contributed by atoms with E-state index in [4.69, 9.17) is 5.73 Å². The molecule has 0 bridgehead atoms. The van der Waals surface area contributed by atoms with Gasteiger partial charge >= 0.3 is 6.18 Å². The molecule has 0 amide bonds. The summed E-state index contributed by atoms with van der Waals surface area (Å²) in [6.07, 6.45) is -5.99. The highest BCUT2D eigenvalue weighted by Gasteiger charge is 2.31. The van der Waals surface area contributed by atoms with Crippen LogP contribution in [0, 0.1) is 17.5 Å². The number of hydrogen-bond acceptors (Lipinski definition) is 1. The number of alkyl halides is 3. The van der Waals surface area contributed by atoms with Gasteiger partial charge in [0.15, 0.2) is 17.5 Å². The summed E-state index contributed by atoms with van der Waals surface area (Å²) in [6, 6.07) is -0.714. The maximum absolute atomic E-state index is 12.7. The molecule has 0 aliphatic carbocycles. The van der Waals surface area contributed by atoms with Crippen molar-refractivity contribution in [1.29, 1.82) is 0 Å². The minimum absolute atomic E-state index is 0.436. The van der Waals surface area contributed by atoms with E-state index in [2.05, 4.69) is 0 Å². The molecule has 0 aromatic heterocycles. The first-order valence-corrected chi connectivity index (χ1v) is 4.17. The predicted octanol–water partition coefficient (Wildman–Crippen LogP) is 3.06. The van der Waals surface area contributed by atoms with Gasteiger partial charge in [-0.05, 0) is 17.7 Å². The number of halogens is 6. The van der Waals surface area contributed by atoms with Crippen molar-refractivity contribution in [3.8, 4) is 0 Å². The molecule has 1 aromatic rings. The molecule has 0 saturated heterocycles.